The second-order valence-corrected chi connectivity index (χ2v) is 18.5. The van der Waals surface area contributed by atoms with E-state index in [1.54, 1.807) is 35.1 Å². The van der Waals surface area contributed by atoms with Gasteiger partial charge >= 0.3 is 0 Å². The molecule has 3 aliphatic heterocycles. The van der Waals surface area contributed by atoms with Crippen LogP contribution in [0, 0.1) is 0 Å². The van der Waals surface area contributed by atoms with Crippen LogP contribution < -0.4 is 38.2 Å². The highest BCUT2D eigenvalue weighted by Crippen LogP contribution is 2.42. The zero-order chi connectivity index (χ0) is 44.6. The molecule has 0 aromatic heterocycles. The van der Waals surface area contributed by atoms with Gasteiger partial charge in [-0.05, 0) is 123 Å². The van der Waals surface area contributed by atoms with E-state index >= 15 is 0 Å². The van der Waals surface area contributed by atoms with Crippen LogP contribution in [0.25, 0.3) is 0 Å². The molecule has 14 nitrogen and oxygen atoms in total. The van der Waals surface area contributed by atoms with Gasteiger partial charge in [0.15, 0.2) is 35.2 Å². The minimum atomic E-state index is -3.52. The number of hydrogen-bond donors (Lipinski definition) is 0. The molecule has 3 heterocycles. The molecule has 3 saturated heterocycles. The third-order valence-electron chi connectivity index (χ3n) is 12.1. The Labute approximate surface area is 376 Å². The lowest BCUT2D eigenvalue weighted by molar-refractivity contribution is -0.123. The van der Waals surface area contributed by atoms with Crippen LogP contribution in [0.4, 0.5) is 11.4 Å². The maximum atomic E-state index is 13.0. The topological polar surface area (TPSA) is 143 Å². The first-order chi connectivity index (χ1) is 31.0. The van der Waals surface area contributed by atoms with Gasteiger partial charge in [0, 0.05) is 56.0 Å². The molecule has 0 radical (unpaired) electrons. The van der Waals surface area contributed by atoms with Crippen molar-refractivity contribution in [2.45, 2.75) is 75.4 Å². The van der Waals surface area contributed by atoms with Crippen LogP contribution in [0.1, 0.15) is 74.3 Å². The van der Waals surface area contributed by atoms with Crippen molar-refractivity contribution < 1.29 is 50.6 Å². The first-order valence-corrected chi connectivity index (χ1v) is 24.2. The number of likely N-dealkylation sites (tertiary alicyclic amines) is 1. The van der Waals surface area contributed by atoms with Crippen molar-refractivity contribution in [2.75, 3.05) is 82.8 Å². The molecule has 2 saturated carbocycles. The maximum Gasteiger partial charge on any atom is 0.268 e. The zero-order valence-corrected chi connectivity index (χ0v) is 37.8. The number of carbonyl (C=O) groups excluding carboxylic acids is 2. The molecule has 0 N–H and O–H groups in total. The smallest absolute Gasteiger partial charge is 0.268 e. The standard InChI is InChI=1S/C26H32N2O4.C23H27NO7S/c1-30-25-18-21(8-11-23(25)31-17-16-27-13-2-3-14-27)28-15-12-24(26(28)29)32-22-9-6-20(7-10-22)19-4-5-19;1-28-22-15-18(7-10-20(22)29-13-14-30-32(2,26)27)24-12-11-21(23(24)25)31-19-8-5-17(6-9-19)16-3-4-16/h6-11,18-19,24H,2-5,12-17H2,1H3;5-10,15-16,21H,3-4,11-14H2,1-2H3. The van der Waals surface area contributed by atoms with Gasteiger partial charge in [0.2, 0.25) is 0 Å². The summed E-state index contributed by atoms with van der Waals surface area (Å²) in [5.41, 5.74) is 4.19. The van der Waals surface area contributed by atoms with E-state index in [4.69, 9.17) is 28.4 Å². The predicted octanol–water partition coefficient (Wildman–Crippen LogP) is 7.34. The number of carbonyl (C=O) groups is 2. The summed E-state index contributed by atoms with van der Waals surface area (Å²) >= 11 is 0. The third-order valence-corrected chi connectivity index (χ3v) is 12.7. The van der Waals surface area contributed by atoms with Crippen LogP contribution in [-0.2, 0) is 23.9 Å². The molecule has 4 aromatic rings. The Morgan fingerprint density at radius 2 is 1.00 bits per heavy atom. The molecular formula is C49H59N3O11S. The van der Waals surface area contributed by atoms with Gasteiger partial charge in [-0.2, -0.15) is 8.42 Å². The summed E-state index contributed by atoms with van der Waals surface area (Å²) in [6.07, 6.45) is 8.86. The van der Waals surface area contributed by atoms with Gasteiger partial charge in [0.1, 0.15) is 31.3 Å². The van der Waals surface area contributed by atoms with Crippen LogP contribution in [0.3, 0.4) is 0 Å². The van der Waals surface area contributed by atoms with E-state index in [1.807, 2.05) is 42.5 Å². The summed E-state index contributed by atoms with van der Waals surface area (Å²) in [4.78, 5) is 31.8. The first-order valence-electron chi connectivity index (χ1n) is 22.4. The Hall–Kier alpha value is -5.51. The second-order valence-electron chi connectivity index (χ2n) is 16.9. The first kappa shape index (κ1) is 45.1. The van der Waals surface area contributed by atoms with Crippen molar-refractivity contribution in [1.29, 1.82) is 0 Å². The molecule has 64 heavy (non-hydrogen) atoms. The van der Waals surface area contributed by atoms with Crippen molar-refractivity contribution in [1.82, 2.24) is 4.90 Å². The number of rotatable bonds is 19. The molecule has 2 aliphatic carbocycles. The van der Waals surface area contributed by atoms with Gasteiger partial charge in [-0.3, -0.25) is 18.7 Å². The summed E-state index contributed by atoms with van der Waals surface area (Å²) in [5, 5.41) is 0. The summed E-state index contributed by atoms with van der Waals surface area (Å²) in [7, 11) is -0.380. The number of nitrogens with zero attached hydrogens (tertiary/aromatic N) is 3. The van der Waals surface area contributed by atoms with E-state index in [0.29, 0.717) is 72.9 Å². The van der Waals surface area contributed by atoms with Crippen LogP contribution in [0.15, 0.2) is 84.9 Å². The van der Waals surface area contributed by atoms with E-state index < -0.39 is 22.3 Å². The molecule has 4 aromatic carbocycles. The monoisotopic (exact) mass is 897 g/mol. The lowest BCUT2D eigenvalue weighted by atomic mass is 10.1. The summed E-state index contributed by atoms with van der Waals surface area (Å²) in [5.74, 6) is 4.98. The Morgan fingerprint density at radius 3 is 1.42 bits per heavy atom. The minimum Gasteiger partial charge on any atom is -0.493 e. The molecule has 2 unspecified atom stereocenters. The number of amides is 2. The molecule has 15 heteroatoms. The highest BCUT2D eigenvalue weighted by molar-refractivity contribution is 7.85. The Kier molecular flexibility index (Phi) is 14.5. The lowest BCUT2D eigenvalue weighted by Crippen LogP contribution is -2.32. The highest BCUT2D eigenvalue weighted by Gasteiger charge is 2.36. The Bertz CT molecular complexity index is 2330. The van der Waals surface area contributed by atoms with Gasteiger partial charge < -0.3 is 38.2 Å². The molecule has 0 bridgehead atoms. The van der Waals surface area contributed by atoms with Crippen LogP contribution in [0.5, 0.6) is 34.5 Å². The van der Waals surface area contributed by atoms with Gasteiger partial charge in [-0.15, -0.1) is 0 Å². The lowest BCUT2D eigenvalue weighted by Gasteiger charge is -2.20. The zero-order valence-electron chi connectivity index (χ0n) is 36.9. The number of anilines is 2. The van der Waals surface area contributed by atoms with E-state index in [2.05, 4.69) is 33.3 Å². The normalized spacial score (nSPS) is 19.9. The SMILES string of the molecule is COc1cc(N2CCC(Oc3ccc(C4CC4)cc3)C2=O)ccc1OCCN1CCCC1.COc1cc(N2CCC(Oc3ccc(C4CC4)cc3)C2=O)ccc1OCCOS(C)(=O)=O. The fourth-order valence-corrected chi connectivity index (χ4v) is 8.72. The summed E-state index contributed by atoms with van der Waals surface area (Å²) in [6, 6.07) is 27.1. The predicted molar refractivity (Wildman–Crippen MR) is 243 cm³/mol. The van der Waals surface area contributed by atoms with Gasteiger partial charge in [0.25, 0.3) is 21.9 Å². The van der Waals surface area contributed by atoms with E-state index in [1.165, 1.54) is 56.8 Å². The van der Waals surface area contributed by atoms with E-state index in [0.717, 1.165) is 43.2 Å². The Morgan fingerprint density at radius 1 is 0.547 bits per heavy atom. The third kappa shape index (κ3) is 11.8. The molecule has 9 rings (SSSR count). The van der Waals surface area contributed by atoms with Crippen LogP contribution >= 0.6 is 0 Å². The van der Waals surface area contributed by atoms with Crippen molar-refractivity contribution in [3.63, 3.8) is 0 Å². The van der Waals surface area contributed by atoms with Crippen molar-refractivity contribution >= 4 is 33.3 Å². The molecule has 2 amide bonds. The molecule has 5 fully saturated rings. The number of ether oxygens (including phenoxy) is 6. The molecule has 342 valence electrons. The Balaban J connectivity index is 0.000000175. The number of methoxy groups -OCH3 is 2. The van der Waals surface area contributed by atoms with Gasteiger partial charge in [0.05, 0.1) is 20.5 Å². The average molecular weight is 898 g/mol. The van der Waals surface area contributed by atoms with Crippen molar-refractivity contribution in [2.24, 2.45) is 0 Å². The number of benzene rings is 4. The quantitative estimate of drug-likeness (QED) is 0.0687. The molecular weight excluding hydrogens is 839 g/mol. The summed E-state index contributed by atoms with van der Waals surface area (Å²) < 4.78 is 61.2. The second kappa shape index (κ2) is 20.5. The van der Waals surface area contributed by atoms with Gasteiger partial charge in [-0.1, -0.05) is 24.3 Å². The number of hydrogen-bond acceptors (Lipinski definition) is 12. The average Bonchev–Trinajstić information content (AvgIpc) is 4.22. The van der Waals surface area contributed by atoms with Crippen molar-refractivity contribution in [3.8, 4) is 34.5 Å². The maximum absolute atomic E-state index is 13.0. The van der Waals surface area contributed by atoms with E-state index in [9.17, 15) is 18.0 Å². The fraction of sp³-hybridized carbons (Fsp3) is 0.469. The van der Waals surface area contributed by atoms with Gasteiger partial charge in [-0.25, -0.2) is 0 Å². The van der Waals surface area contributed by atoms with Crippen LogP contribution in [-0.4, -0.2) is 110 Å². The largest absolute Gasteiger partial charge is 0.493 e. The highest BCUT2D eigenvalue weighted by atomic mass is 32.2. The molecule has 5 aliphatic rings. The van der Waals surface area contributed by atoms with Crippen LogP contribution in [0.2, 0.25) is 0 Å². The molecule has 2 atom stereocenters. The molecule has 0 spiro atoms. The summed E-state index contributed by atoms with van der Waals surface area (Å²) in [6.45, 7) is 4.98. The minimum absolute atomic E-state index is 0.0129. The van der Waals surface area contributed by atoms with E-state index in [-0.39, 0.29) is 25.0 Å². The fourth-order valence-electron chi connectivity index (χ4n) is 8.35. The van der Waals surface area contributed by atoms with Crippen molar-refractivity contribution in [3.05, 3.63) is 96.1 Å².